The molecular formula is C18H15ClN4O. The number of anilines is 3. The van der Waals surface area contributed by atoms with E-state index in [9.17, 15) is 4.79 Å². The van der Waals surface area contributed by atoms with E-state index in [1.54, 1.807) is 12.1 Å². The Labute approximate surface area is 144 Å². The van der Waals surface area contributed by atoms with Crippen LogP contribution in [0, 0.1) is 6.92 Å². The number of hydrogen-bond donors (Lipinski definition) is 2. The first-order valence-electron chi connectivity index (χ1n) is 7.34. The van der Waals surface area contributed by atoms with Crippen molar-refractivity contribution < 1.29 is 4.79 Å². The van der Waals surface area contributed by atoms with Crippen molar-refractivity contribution in [3.63, 3.8) is 0 Å². The third kappa shape index (κ3) is 3.70. The Hall–Kier alpha value is -2.92. The zero-order valence-corrected chi connectivity index (χ0v) is 13.7. The van der Waals surface area contributed by atoms with Gasteiger partial charge in [0, 0.05) is 11.8 Å². The maximum atomic E-state index is 12.4. The Morgan fingerprint density at radius 2 is 1.71 bits per heavy atom. The Balaban J connectivity index is 1.79. The fourth-order valence-electron chi connectivity index (χ4n) is 2.15. The molecule has 3 rings (SSSR count). The van der Waals surface area contributed by atoms with Crippen LogP contribution >= 0.6 is 11.6 Å². The van der Waals surface area contributed by atoms with Gasteiger partial charge in [0.25, 0.3) is 5.91 Å². The standard InChI is InChI=1S/C18H15ClN4O/c1-12-6-2-4-8-14(12)23-18(24)16-10-17(21-11-20-16)22-15-9-5-3-7-13(15)19/h2-11H,1H3,(H,23,24)(H,20,21,22). The van der Waals surface area contributed by atoms with E-state index >= 15 is 0 Å². The molecule has 0 spiro atoms. The Bertz CT molecular complexity index is 882. The fraction of sp³-hybridized carbons (Fsp3) is 0.0556. The summed E-state index contributed by atoms with van der Waals surface area (Å²) in [5, 5.41) is 6.50. The number of hydrogen-bond acceptors (Lipinski definition) is 4. The van der Waals surface area contributed by atoms with Crippen LogP contribution < -0.4 is 10.6 Å². The van der Waals surface area contributed by atoms with Gasteiger partial charge in [-0.05, 0) is 30.7 Å². The van der Waals surface area contributed by atoms with E-state index in [1.165, 1.54) is 6.33 Å². The molecule has 0 fully saturated rings. The predicted octanol–water partition coefficient (Wildman–Crippen LogP) is 4.43. The fourth-order valence-corrected chi connectivity index (χ4v) is 2.33. The maximum Gasteiger partial charge on any atom is 0.274 e. The van der Waals surface area contributed by atoms with Gasteiger partial charge in [0.2, 0.25) is 0 Å². The molecule has 0 radical (unpaired) electrons. The minimum atomic E-state index is -0.297. The quantitative estimate of drug-likeness (QED) is 0.738. The molecule has 24 heavy (non-hydrogen) atoms. The molecule has 5 nitrogen and oxygen atoms in total. The van der Waals surface area contributed by atoms with Gasteiger partial charge in [-0.3, -0.25) is 4.79 Å². The van der Waals surface area contributed by atoms with Crippen LogP contribution in [0.4, 0.5) is 17.2 Å². The minimum absolute atomic E-state index is 0.266. The average Bonchev–Trinajstić information content (AvgIpc) is 2.59. The first-order valence-corrected chi connectivity index (χ1v) is 7.72. The highest BCUT2D eigenvalue weighted by molar-refractivity contribution is 6.33. The molecule has 2 N–H and O–H groups in total. The predicted molar refractivity (Wildman–Crippen MR) is 95.9 cm³/mol. The number of rotatable bonds is 4. The number of benzene rings is 2. The number of aryl methyl sites for hydroxylation is 1. The van der Waals surface area contributed by atoms with Crippen LogP contribution in [0.2, 0.25) is 5.02 Å². The lowest BCUT2D eigenvalue weighted by atomic mass is 10.2. The molecule has 0 atom stereocenters. The molecule has 1 aromatic heterocycles. The van der Waals surface area contributed by atoms with Gasteiger partial charge in [0.15, 0.2) is 0 Å². The molecular weight excluding hydrogens is 324 g/mol. The van der Waals surface area contributed by atoms with Crippen LogP contribution in [0.5, 0.6) is 0 Å². The van der Waals surface area contributed by atoms with E-state index in [-0.39, 0.29) is 11.6 Å². The molecule has 0 aliphatic heterocycles. The van der Waals surface area contributed by atoms with Crippen molar-refractivity contribution in [3.8, 4) is 0 Å². The van der Waals surface area contributed by atoms with Gasteiger partial charge in [-0.25, -0.2) is 9.97 Å². The van der Waals surface area contributed by atoms with Crippen molar-refractivity contribution in [1.82, 2.24) is 9.97 Å². The van der Waals surface area contributed by atoms with Gasteiger partial charge in [-0.1, -0.05) is 41.9 Å². The molecule has 0 bridgehead atoms. The zero-order chi connectivity index (χ0) is 16.9. The number of nitrogens with zero attached hydrogens (tertiary/aromatic N) is 2. The summed E-state index contributed by atoms with van der Waals surface area (Å²) >= 11 is 6.12. The third-order valence-corrected chi connectivity index (χ3v) is 3.76. The highest BCUT2D eigenvalue weighted by atomic mass is 35.5. The number of para-hydroxylation sites is 2. The number of halogens is 1. The highest BCUT2D eigenvalue weighted by Gasteiger charge is 2.11. The molecule has 1 amide bonds. The first-order chi connectivity index (χ1) is 11.6. The van der Waals surface area contributed by atoms with Crippen molar-refractivity contribution in [2.45, 2.75) is 6.92 Å². The van der Waals surface area contributed by atoms with Crippen LogP contribution in [-0.4, -0.2) is 15.9 Å². The van der Waals surface area contributed by atoms with Crippen molar-refractivity contribution in [2.24, 2.45) is 0 Å². The van der Waals surface area contributed by atoms with Crippen molar-refractivity contribution in [1.29, 1.82) is 0 Å². The molecule has 0 unspecified atom stereocenters. The minimum Gasteiger partial charge on any atom is -0.339 e. The summed E-state index contributed by atoms with van der Waals surface area (Å²) in [6.45, 7) is 1.93. The summed E-state index contributed by atoms with van der Waals surface area (Å²) in [5.74, 6) is 0.196. The third-order valence-electron chi connectivity index (χ3n) is 3.43. The van der Waals surface area contributed by atoms with Crippen LogP contribution in [-0.2, 0) is 0 Å². The molecule has 0 saturated carbocycles. The smallest absolute Gasteiger partial charge is 0.274 e. The number of carbonyl (C=O) groups excluding carboxylic acids is 1. The topological polar surface area (TPSA) is 66.9 Å². The van der Waals surface area contributed by atoms with Crippen LogP contribution in [0.3, 0.4) is 0 Å². The number of nitrogens with one attached hydrogen (secondary N) is 2. The largest absolute Gasteiger partial charge is 0.339 e. The molecule has 120 valence electrons. The van der Waals surface area contributed by atoms with Crippen LogP contribution in [0.15, 0.2) is 60.9 Å². The Morgan fingerprint density at radius 1 is 1.00 bits per heavy atom. The SMILES string of the molecule is Cc1ccccc1NC(=O)c1cc(Nc2ccccc2Cl)ncn1. The molecule has 0 aliphatic carbocycles. The van der Waals surface area contributed by atoms with E-state index < -0.39 is 0 Å². The maximum absolute atomic E-state index is 12.4. The molecule has 3 aromatic rings. The normalized spacial score (nSPS) is 10.2. The van der Waals surface area contributed by atoms with E-state index in [0.29, 0.717) is 16.5 Å². The van der Waals surface area contributed by atoms with Crippen molar-refractivity contribution in [3.05, 3.63) is 77.2 Å². The molecule has 6 heteroatoms. The summed E-state index contributed by atoms with van der Waals surface area (Å²) in [7, 11) is 0. The average molecular weight is 339 g/mol. The highest BCUT2D eigenvalue weighted by Crippen LogP contribution is 2.24. The van der Waals surface area contributed by atoms with E-state index in [0.717, 1.165) is 11.3 Å². The first kappa shape index (κ1) is 16.0. The number of aromatic nitrogens is 2. The van der Waals surface area contributed by atoms with Gasteiger partial charge in [-0.15, -0.1) is 0 Å². The number of amides is 1. The van der Waals surface area contributed by atoms with Gasteiger partial charge >= 0.3 is 0 Å². The van der Waals surface area contributed by atoms with E-state index in [4.69, 9.17) is 11.6 Å². The zero-order valence-electron chi connectivity index (χ0n) is 13.0. The second-order valence-corrected chi connectivity index (χ2v) is 5.57. The van der Waals surface area contributed by atoms with Gasteiger partial charge < -0.3 is 10.6 Å². The lowest BCUT2D eigenvalue weighted by molar-refractivity contribution is 0.102. The second-order valence-electron chi connectivity index (χ2n) is 5.16. The summed E-state index contributed by atoms with van der Waals surface area (Å²) < 4.78 is 0. The van der Waals surface area contributed by atoms with Gasteiger partial charge in [-0.2, -0.15) is 0 Å². The van der Waals surface area contributed by atoms with Crippen molar-refractivity contribution in [2.75, 3.05) is 10.6 Å². The lowest BCUT2D eigenvalue weighted by Gasteiger charge is -2.10. The van der Waals surface area contributed by atoms with Crippen LogP contribution in [0.25, 0.3) is 0 Å². The summed E-state index contributed by atoms with van der Waals surface area (Å²) in [6.07, 6.45) is 1.34. The molecule has 1 heterocycles. The summed E-state index contributed by atoms with van der Waals surface area (Å²) in [5.41, 5.74) is 2.71. The molecule has 0 aliphatic rings. The Morgan fingerprint density at radius 3 is 2.46 bits per heavy atom. The van der Waals surface area contributed by atoms with E-state index in [2.05, 4.69) is 20.6 Å². The number of carbonyl (C=O) groups is 1. The van der Waals surface area contributed by atoms with Crippen LogP contribution in [0.1, 0.15) is 16.1 Å². The summed E-state index contributed by atoms with van der Waals surface area (Å²) in [6, 6.07) is 16.5. The van der Waals surface area contributed by atoms with Gasteiger partial charge in [0.1, 0.15) is 17.8 Å². The molecule has 0 saturated heterocycles. The lowest BCUT2D eigenvalue weighted by Crippen LogP contribution is -2.15. The van der Waals surface area contributed by atoms with E-state index in [1.807, 2.05) is 49.4 Å². The van der Waals surface area contributed by atoms with Crippen molar-refractivity contribution >= 4 is 34.7 Å². The Kier molecular flexibility index (Phi) is 4.72. The second kappa shape index (κ2) is 7.10. The monoisotopic (exact) mass is 338 g/mol. The van der Waals surface area contributed by atoms with Gasteiger partial charge in [0.05, 0.1) is 10.7 Å². The molecule has 2 aromatic carbocycles. The summed E-state index contributed by atoms with van der Waals surface area (Å²) in [4.78, 5) is 20.5.